The molecule has 8 nitrogen and oxygen atoms in total. The second-order valence-electron chi connectivity index (χ2n) is 4.31. The Morgan fingerprint density at radius 1 is 1.38 bits per heavy atom. The van der Waals surface area contributed by atoms with Gasteiger partial charge in [0.25, 0.3) is 11.6 Å². The summed E-state index contributed by atoms with van der Waals surface area (Å²) in [4.78, 5) is 26.5. The molecule has 0 aliphatic heterocycles. The lowest BCUT2D eigenvalue weighted by atomic mass is 10.1. The highest BCUT2D eigenvalue weighted by atomic mass is 16.6. The fourth-order valence-electron chi connectivity index (χ4n) is 1.85. The molecule has 0 unspecified atom stereocenters. The first-order chi connectivity index (χ1) is 10.0. The average molecular weight is 287 g/mol. The van der Waals surface area contributed by atoms with Crippen LogP contribution >= 0.6 is 0 Å². The second kappa shape index (κ2) is 5.97. The summed E-state index contributed by atoms with van der Waals surface area (Å²) in [7, 11) is 0. The number of pyridine rings is 1. The second-order valence-corrected chi connectivity index (χ2v) is 4.31. The number of carbonyl (C=O) groups excluding carboxylic acids is 1. The summed E-state index contributed by atoms with van der Waals surface area (Å²) >= 11 is 0. The zero-order valence-corrected chi connectivity index (χ0v) is 11.2. The van der Waals surface area contributed by atoms with E-state index < -0.39 is 10.8 Å². The number of nitro benzene ring substituents is 1. The number of nitrogens with two attached hydrogens (primary N) is 1. The summed E-state index contributed by atoms with van der Waals surface area (Å²) < 4.78 is 0. The number of nitrogens with zero attached hydrogens (tertiary/aromatic N) is 2. The van der Waals surface area contributed by atoms with Crippen LogP contribution in [0.2, 0.25) is 0 Å². The first kappa shape index (κ1) is 14.4. The van der Waals surface area contributed by atoms with Gasteiger partial charge in [0.1, 0.15) is 5.69 Å². The van der Waals surface area contributed by atoms with Gasteiger partial charge in [-0.05, 0) is 24.6 Å². The molecule has 0 atom stereocenters. The minimum atomic E-state index is -0.611. The van der Waals surface area contributed by atoms with Crippen LogP contribution in [0.3, 0.4) is 0 Å². The number of hydrogen-bond acceptors (Lipinski definition) is 6. The van der Waals surface area contributed by atoms with E-state index in [0.29, 0.717) is 5.69 Å². The predicted molar refractivity (Wildman–Crippen MR) is 77.8 cm³/mol. The Morgan fingerprint density at radius 2 is 2.14 bits per heavy atom. The van der Waals surface area contributed by atoms with Gasteiger partial charge in [-0.2, -0.15) is 0 Å². The number of para-hydroxylation sites is 1. The Balaban J connectivity index is 2.35. The van der Waals surface area contributed by atoms with Crippen LogP contribution in [0.15, 0.2) is 36.7 Å². The number of hydrogen-bond donors (Lipinski definition) is 3. The van der Waals surface area contributed by atoms with E-state index in [4.69, 9.17) is 5.84 Å². The number of aromatic nitrogens is 1. The molecular weight excluding hydrogens is 274 g/mol. The highest BCUT2D eigenvalue weighted by Crippen LogP contribution is 2.27. The quantitative estimate of drug-likeness (QED) is 0.448. The molecule has 0 radical (unpaired) electrons. The molecule has 2 rings (SSSR count). The molecule has 0 saturated carbocycles. The van der Waals surface area contributed by atoms with Gasteiger partial charge in [-0.1, -0.05) is 6.07 Å². The molecule has 21 heavy (non-hydrogen) atoms. The Bertz CT molecular complexity index is 702. The van der Waals surface area contributed by atoms with Gasteiger partial charge in [0.05, 0.1) is 22.4 Å². The largest absolute Gasteiger partial charge is 0.321 e. The third-order valence-electron chi connectivity index (χ3n) is 2.76. The lowest BCUT2D eigenvalue weighted by molar-refractivity contribution is -0.384. The summed E-state index contributed by atoms with van der Waals surface area (Å²) in [5, 5.41) is 13.5. The number of anilines is 2. The van der Waals surface area contributed by atoms with Gasteiger partial charge in [0.15, 0.2) is 0 Å². The van der Waals surface area contributed by atoms with E-state index in [1.807, 2.05) is 6.92 Å². The highest BCUT2D eigenvalue weighted by molar-refractivity contribution is 6.09. The Kier molecular flexibility index (Phi) is 4.10. The molecule has 0 spiro atoms. The summed E-state index contributed by atoms with van der Waals surface area (Å²) in [5.74, 6) is 4.78. The topological polar surface area (TPSA) is 123 Å². The van der Waals surface area contributed by atoms with Crippen LogP contribution in [0.25, 0.3) is 0 Å². The van der Waals surface area contributed by atoms with Crippen molar-refractivity contribution in [2.75, 3.05) is 10.7 Å². The minimum Gasteiger partial charge on any atom is -0.321 e. The Hall–Kier alpha value is -3.00. The first-order valence-electron chi connectivity index (χ1n) is 6.00. The maximum absolute atomic E-state index is 12.2. The van der Waals surface area contributed by atoms with E-state index in [9.17, 15) is 14.9 Å². The molecule has 1 aromatic heterocycles. The first-order valence-corrected chi connectivity index (χ1v) is 6.00. The third-order valence-corrected chi connectivity index (χ3v) is 2.76. The fourth-order valence-corrected chi connectivity index (χ4v) is 1.85. The van der Waals surface area contributed by atoms with E-state index in [0.717, 1.165) is 5.56 Å². The number of nitrogen functional groups attached to an aromatic ring is 1. The smallest absolute Gasteiger partial charge is 0.294 e. The average Bonchev–Trinajstić information content (AvgIpc) is 2.46. The van der Waals surface area contributed by atoms with Gasteiger partial charge in [0, 0.05) is 12.3 Å². The third kappa shape index (κ3) is 3.12. The van der Waals surface area contributed by atoms with Crippen LogP contribution in [0.5, 0.6) is 0 Å². The van der Waals surface area contributed by atoms with E-state index in [1.54, 1.807) is 12.3 Å². The van der Waals surface area contributed by atoms with Crippen molar-refractivity contribution in [3.63, 3.8) is 0 Å². The molecule has 1 heterocycles. The van der Waals surface area contributed by atoms with Crippen molar-refractivity contribution in [2.45, 2.75) is 6.92 Å². The van der Waals surface area contributed by atoms with E-state index in [1.165, 1.54) is 24.4 Å². The van der Waals surface area contributed by atoms with Gasteiger partial charge in [0.2, 0.25) is 0 Å². The lowest BCUT2D eigenvalue weighted by Gasteiger charge is -2.10. The van der Waals surface area contributed by atoms with Crippen LogP contribution in [-0.4, -0.2) is 15.8 Å². The van der Waals surface area contributed by atoms with Crippen molar-refractivity contribution in [1.29, 1.82) is 0 Å². The zero-order valence-electron chi connectivity index (χ0n) is 11.2. The number of nitrogens with one attached hydrogen (secondary N) is 2. The normalized spacial score (nSPS) is 10.0. The summed E-state index contributed by atoms with van der Waals surface area (Å²) in [6.07, 6.45) is 3.13. The number of rotatable bonds is 4. The lowest BCUT2D eigenvalue weighted by Crippen LogP contribution is -2.18. The van der Waals surface area contributed by atoms with Crippen LogP contribution in [0.1, 0.15) is 15.9 Å². The number of nitro groups is 1. The molecule has 8 heteroatoms. The molecule has 1 aromatic carbocycles. The maximum atomic E-state index is 12.2. The van der Waals surface area contributed by atoms with Crippen molar-refractivity contribution < 1.29 is 9.72 Å². The summed E-state index contributed by atoms with van der Waals surface area (Å²) in [5.41, 5.74) is 3.34. The van der Waals surface area contributed by atoms with Gasteiger partial charge in [-0.15, -0.1) is 0 Å². The predicted octanol–water partition coefficient (Wildman–Crippen LogP) is 1.84. The Labute approximate surface area is 120 Å². The van der Waals surface area contributed by atoms with E-state index in [2.05, 4.69) is 15.7 Å². The van der Waals surface area contributed by atoms with Crippen molar-refractivity contribution in [1.82, 2.24) is 4.98 Å². The van der Waals surface area contributed by atoms with Crippen LogP contribution in [0.4, 0.5) is 17.1 Å². The molecule has 0 aliphatic rings. The van der Waals surface area contributed by atoms with Crippen molar-refractivity contribution in [3.05, 3.63) is 57.9 Å². The molecule has 0 aliphatic carbocycles. The van der Waals surface area contributed by atoms with Crippen LogP contribution in [-0.2, 0) is 0 Å². The van der Waals surface area contributed by atoms with Crippen LogP contribution in [0, 0.1) is 17.0 Å². The molecule has 0 fully saturated rings. The van der Waals surface area contributed by atoms with Gasteiger partial charge in [-0.25, -0.2) is 0 Å². The molecule has 0 saturated heterocycles. The monoisotopic (exact) mass is 287 g/mol. The summed E-state index contributed by atoms with van der Waals surface area (Å²) in [6.45, 7) is 1.84. The van der Waals surface area contributed by atoms with Crippen molar-refractivity contribution >= 4 is 23.0 Å². The van der Waals surface area contributed by atoms with E-state index >= 15 is 0 Å². The maximum Gasteiger partial charge on any atom is 0.294 e. The van der Waals surface area contributed by atoms with Crippen molar-refractivity contribution in [3.8, 4) is 0 Å². The number of aryl methyl sites for hydroxylation is 1. The van der Waals surface area contributed by atoms with Gasteiger partial charge >= 0.3 is 0 Å². The minimum absolute atomic E-state index is 0.0411. The molecule has 2 aromatic rings. The molecule has 4 N–H and O–H groups in total. The number of amides is 1. The number of hydrazine groups is 1. The molecule has 108 valence electrons. The molecule has 1 amide bonds. The SMILES string of the molecule is Cc1cncc(NC(=O)c2cccc([N+](=O)[O-])c2NN)c1. The number of carbonyl (C=O) groups is 1. The summed E-state index contributed by atoms with van der Waals surface area (Å²) in [6, 6.07) is 5.86. The Morgan fingerprint density at radius 3 is 2.76 bits per heavy atom. The van der Waals surface area contributed by atoms with Crippen molar-refractivity contribution in [2.24, 2.45) is 5.84 Å². The van der Waals surface area contributed by atoms with E-state index in [-0.39, 0.29) is 16.9 Å². The van der Waals surface area contributed by atoms with Gasteiger partial charge < -0.3 is 10.7 Å². The number of benzene rings is 1. The highest BCUT2D eigenvalue weighted by Gasteiger charge is 2.21. The fraction of sp³-hybridized carbons (Fsp3) is 0.0769. The van der Waals surface area contributed by atoms with Gasteiger partial charge in [-0.3, -0.25) is 25.7 Å². The van der Waals surface area contributed by atoms with Crippen LogP contribution < -0.4 is 16.6 Å². The standard InChI is InChI=1S/C13H13N5O3/c1-8-5-9(7-15-6-8)16-13(19)10-3-2-4-11(18(20)21)12(10)17-14/h2-7,17H,14H2,1H3,(H,16,19). The molecule has 0 bridgehead atoms. The molecular formula is C13H13N5O3. The zero-order chi connectivity index (χ0) is 15.4.